The summed E-state index contributed by atoms with van der Waals surface area (Å²) in [6, 6.07) is 12.8. The Morgan fingerprint density at radius 2 is 1.79 bits per heavy atom. The third-order valence-corrected chi connectivity index (χ3v) is 4.53. The minimum atomic E-state index is 0.263. The lowest BCUT2D eigenvalue weighted by Crippen LogP contribution is -2.18. The number of ether oxygens (including phenoxy) is 1. The average Bonchev–Trinajstić information content (AvgIpc) is 3.08. The molecule has 0 aliphatic carbocycles. The van der Waals surface area contributed by atoms with E-state index in [0.717, 1.165) is 23.4 Å². The van der Waals surface area contributed by atoms with Crippen LogP contribution in [-0.2, 0) is 26.2 Å². The summed E-state index contributed by atoms with van der Waals surface area (Å²) in [6.45, 7) is 8.50. The van der Waals surface area contributed by atoms with Crippen molar-refractivity contribution in [1.82, 2.24) is 15.0 Å². The molecule has 3 rings (SSSR count). The number of aryl methyl sites for hydroxylation is 3. The molecule has 2 aromatic carbocycles. The maximum Gasteiger partial charge on any atom is 0.240 e. The molecule has 0 saturated heterocycles. The molecule has 0 radical (unpaired) electrons. The molecule has 0 atom stereocenters. The summed E-state index contributed by atoms with van der Waals surface area (Å²) in [7, 11) is 2.03. The molecule has 0 aliphatic heterocycles. The number of rotatable bonds is 8. The van der Waals surface area contributed by atoms with Gasteiger partial charge in [-0.3, -0.25) is 4.90 Å². The molecular formula is C22H28N4O2. The van der Waals surface area contributed by atoms with Crippen molar-refractivity contribution in [3.05, 3.63) is 75.9 Å². The third-order valence-electron chi connectivity index (χ3n) is 4.53. The van der Waals surface area contributed by atoms with E-state index < -0.39 is 0 Å². The van der Waals surface area contributed by atoms with E-state index in [4.69, 9.17) is 15.0 Å². The minimum absolute atomic E-state index is 0.263. The highest BCUT2D eigenvalue weighted by Gasteiger charge is 2.11. The van der Waals surface area contributed by atoms with Gasteiger partial charge in [0.1, 0.15) is 12.4 Å². The molecule has 0 fully saturated rings. The third kappa shape index (κ3) is 5.18. The van der Waals surface area contributed by atoms with Crippen molar-refractivity contribution in [2.24, 2.45) is 5.73 Å². The number of nitrogens with zero attached hydrogens (tertiary/aromatic N) is 3. The van der Waals surface area contributed by atoms with Crippen molar-refractivity contribution in [2.75, 3.05) is 7.05 Å². The van der Waals surface area contributed by atoms with Crippen LogP contribution in [-0.4, -0.2) is 22.1 Å². The van der Waals surface area contributed by atoms with Gasteiger partial charge in [-0.25, -0.2) is 0 Å². The van der Waals surface area contributed by atoms with Gasteiger partial charge in [0.25, 0.3) is 0 Å². The lowest BCUT2D eigenvalue weighted by molar-refractivity contribution is 0.295. The van der Waals surface area contributed by atoms with Gasteiger partial charge in [-0.1, -0.05) is 47.1 Å². The van der Waals surface area contributed by atoms with Crippen molar-refractivity contribution >= 4 is 0 Å². The van der Waals surface area contributed by atoms with E-state index >= 15 is 0 Å². The van der Waals surface area contributed by atoms with Gasteiger partial charge in [-0.15, -0.1) is 0 Å². The summed E-state index contributed by atoms with van der Waals surface area (Å²) < 4.78 is 11.2. The summed E-state index contributed by atoms with van der Waals surface area (Å²) in [4.78, 5) is 6.40. The SMILES string of the molecule is Cc1cccc(COc2c(C)cc(CN(C)Cc3noc(CN)n3)cc2C)c1. The van der Waals surface area contributed by atoms with Gasteiger partial charge in [-0.2, -0.15) is 4.98 Å². The van der Waals surface area contributed by atoms with Crippen molar-refractivity contribution in [3.8, 4) is 5.75 Å². The smallest absolute Gasteiger partial charge is 0.240 e. The number of hydrogen-bond donors (Lipinski definition) is 1. The van der Waals surface area contributed by atoms with Gasteiger partial charge in [0.05, 0.1) is 13.1 Å². The van der Waals surface area contributed by atoms with Crippen LogP contribution >= 0.6 is 0 Å². The topological polar surface area (TPSA) is 77.4 Å². The molecular weight excluding hydrogens is 352 g/mol. The quantitative estimate of drug-likeness (QED) is 0.642. The molecule has 0 unspecified atom stereocenters. The summed E-state index contributed by atoms with van der Waals surface area (Å²) in [5.41, 5.74) is 11.4. The molecule has 28 heavy (non-hydrogen) atoms. The fourth-order valence-electron chi connectivity index (χ4n) is 3.36. The van der Waals surface area contributed by atoms with Crippen LogP contribution in [0.4, 0.5) is 0 Å². The Morgan fingerprint density at radius 1 is 1.04 bits per heavy atom. The van der Waals surface area contributed by atoms with Crippen molar-refractivity contribution < 1.29 is 9.26 Å². The number of nitrogens with two attached hydrogens (primary N) is 1. The summed E-state index contributed by atoms with van der Waals surface area (Å²) >= 11 is 0. The van der Waals surface area contributed by atoms with Gasteiger partial charge in [0.15, 0.2) is 5.82 Å². The number of aromatic nitrogens is 2. The Morgan fingerprint density at radius 3 is 2.43 bits per heavy atom. The molecule has 6 heteroatoms. The molecule has 0 amide bonds. The second-order valence-corrected chi connectivity index (χ2v) is 7.32. The summed E-state index contributed by atoms with van der Waals surface area (Å²) in [5.74, 6) is 2.07. The minimum Gasteiger partial charge on any atom is -0.488 e. The molecule has 148 valence electrons. The average molecular weight is 380 g/mol. The van der Waals surface area contributed by atoms with E-state index in [0.29, 0.717) is 24.9 Å². The van der Waals surface area contributed by atoms with E-state index in [9.17, 15) is 0 Å². The largest absolute Gasteiger partial charge is 0.488 e. The Labute approximate surface area is 166 Å². The summed E-state index contributed by atoms with van der Waals surface area (Å²) in [5, 5.41) is 3.95. The lowest BCUT2D eigenvalue weighted by Gasteiger charge is -2.18. The molecule has 2 N–H and O–H groups in total. The first-order valence-electron chi connectivity index (χ1n) is 9.43. The zero-order chi connectivity index (χ0) is 20.1. The fourth-order valence-corrected chi connectivity index (χ4v) is 3.36. The standard InChI is InChI=1S/C22H28N4O2/c1-15-6-5-7-18(8-15)14-27-22-16(2)9-19(10-17(22)3)12-26(4)13-20-24-21(11-23)28-25-20/h5-10H,11-14,23H2,1-4H3. The van der Waals surface area contributed by atoms with Gasteiger partial charge in [-0.05, 0) is 50.1 Å². The molecule has 0 bridgehead atoms. The lowest BCUT2D eigenvalue weighted by atomic mass is 10.1. The second kappa shape index (κ2) is 8.99. The van der Waals surface area contributed by atoms with E-state index in [1.54, 1.807) is 0 Å². The molecule has 1 heterocycles. The van der Waals surface area contributed by atoms with Crippen molar-refractivity contribution in [3.63, 3.8) is 0 Å². The van der Waals surface area contributed by atoms with Gasteiger partial charge < -0.3 is 15.0 Å². The fraction of sp³-hybridized carbons (Fsp3) is 0.364. The van der Waals surface area contributed by atoms with Crippen LogP contribution in [0.25, 0.3) is 0 Å². The molecule has 6 nitrogen and oxygen atoms in total. The molecule has 1 aromatic heterocycles. The van der Waals surface area contributed by atoms with Crippen LogP contribution < -0.4 is 10.5 Å². The van der Waals surface area contributed by atoms with E-state index in [2.05, 4.69) is 72.2 Å². The normalized spacial score (nSPS) is 11.2. The predicted octanol–water partition coefficient (Wildman–Crippen LogP) is 3.66. The predicted molar refractivity (Wildman–Crippen MR) is 109 cm³/mol. The van der Waals surface area contributed by atoms with Crippen molar-refractivity contribution in [2.45, 2.75) is 47.0 Å². The van der Waals surface area contributed by atoms with Crippen LogP contribution in [0.15, 0.2) is 40.9 Å². The molecule has 0 spiro atoms. The highest BCUT2D eigenvalue weighted by Crippen LogP contribution is 2.26. The van der Waals surface area contributed by atoms with Gasteiger partial charge in [0.2, 0.25) is 5.89 Å². The molecule has 0 saturated carbocycles. The first-order chi connectivity index (χ1) is 13.4. The van der Waals surface area contributed by atoms with Gasteiger partial charge in [0, 0.05) is 6.54 Å². The molecule has 3 aromatic rings. The van der Waals surface area contributed by atoms with Crippen LogP contribution in [0.1, 0.15) is 39.5 Å². The Balaban J connectivity index is 1.63. The maximum absolute atomic E-state index is 6.12. The zero-order valence-corrected chi connectivity index (χ0v) is 17.0. The number of benzene rings is 2. The highest BCUT2D eigenvalue weighted by molar-refractivity contribution is 5.43. The highest BCUT2D eigenvalue weighted by atomic mass is 16.5. The Kier molecular flexibility index (Phi) is 6.44. The zero-order valence-electron chi connectivity index (χ0n) is 17.0. The Hall–Kier alpha value is -2.70. The van der Waals surface area contributed by atoms with Crippen LogP contribution in [0.3, 0.4) is 0 Å². The number of hydrogen-bond acceptors (Lipinski definition) is 6. The van der Waals surface area contributed by atoms with E-state index in [1.165, 1.54) is 16.7 Å². The first-order valence-corrected chi connectivity index (χ1v) is 9.43. The second-order valence-electron chi connectivity index (χ2n) is 7.32. The van der Waals surface area contributed by atoms with E-state index in [-0.39, 0.29) is 6.54 Å². The maximum atomic E-state index is 6.12. The Bertz CT molecular complexity index is 913. The first kappa shape index (κ1) is 20.0. The molecule has 0 aliphatic rings. The van der Waals surface area contributed by atoms with Crippen LogP contribution in [0, 0.1) is 20.8 Å². The summed E-state index contributed by atoms with van der Waals surface area (Å²) in [6.07, 6.45) is 0. The monoisotopic (exact) mass is 380 g/mol. The van der Waals surface area contributed by atoms with Gasteiger partial charge >= 0.3 is 0 Å². The van der Waals surface area contributed by atoms with Crippen LogP contribution in [0.5, 0.6) is 5.75 Å². The van der Waals surface area contributed by atoms with Crippen molar-refractivity contribution in [1.29, 1.82) is 0 Å². The van der Waals surface area contributed by atoms with E-state index in [1.807, 2.05) is 7.05 Å². The van der Waals surface area contributed by atoms with Crippen LogP contribution in [0.2, 0.25) is 0 Å².